The van der Waals surface area contributed by atoms with Crippen molar-refractivity contribution in [2.24, 2.45) is 5.41 Å². The highest BCUT2D eigenvalue weighted by molar-refractivity contribution is 5.38. The zero-order valence-electron chi connectivity index (χ0n) is 14.8. The van der Waals surface area contributed by atoms with Gasteiger partial charge in [-0.1, -0.05) is 38.0 Å². The second-order valence-electron chi connectivity index (χ2n) is 6.78. The van der Waals surface area contributed by atoms with Crippen molar-refractivity contribution in [2.45, 2.75) is 53.9 Å². The van der Waals surface area contributed by atoms with Crippen molar-refractivity contribution in [3.05, 3.63) is 34.4 Å². The summed E-state index contributed by atoms with van der Waals surface area (Å²) in [6, 6.07) is 4.63. The normalized spacial score (nSPS) is 14.2. The summed E-state index contributed by atoms with van der Waals surface area (Å²) in [5, 5.41) is 3.56. The van der Waals surface area contributed by atoms with Gasteiger partial charge in [0.1, 0.15) is 0 Å². The number of hydrogen-bond acceptors (Lipinski definition) is 2. The summed E-state index contributed by atoms with van der Waals surface area (Å²) in [6.07, 6.45) is 3.63. The lowest BCUT2D eigenvalue weighted by molar-refractivity contribution is 0.189. The highest BCUT2D eigenvalue weighted by Crippen LogP contribution is 2.31. The van der Waals surface area contributed by atoms with Crippen LogP contribution in [0.3, 0.4) is 0 Å². The Morgan fingerprint density at radius 2 is 1.76 bits per heavy atom. The molecular formula is C19H33NO. The van der Waals surface area contributed by atoms with E-state index in [4.69, 9.17) is 4.74 Å². The Kier molecular flexibility index (Phi) is 7.41. The molecule has 0 heterocycles. The van der Waals surface area contributed by atoms with Gasteiger partial charge in [0.2, 0.25) is 0 Å². The summed E-state index contributed by atoms with van der Waals surface area (Å²) >= 11 is 0. The fourth-order valence-corrected chi connectivity index (χ4v) is 3.32. The first-order valence-corrected chi connectivity index (χ1v) is 8.18. The minimum absolute atomic E-state index is 0.313. The highest BCUT2D eigenvalue weighted by atomic mass is 16.5. The van der Waals surface area contributed by atoms with E-state index in [-0.39, 0.29) is 0 Å². The molecular weight excluding hydrogens is 258 g/mol. The van der Waals surface area contributed by atoms with Gasteiger partial charge in [0, 0.05) is 20.2 Å². The molecule has 0 fully saturated rings. The maximum atomic E-state index is 5.12. The average molecular weight is 291 g/mol. The molecule has 2 nitrogen and oxygen atoms in total. The number of rotatable bonds is 9. The third kappa shape index (κ3) is 5.80. The zero-order chi connectivity index (χ0) is 15.9. The van der Waals surface area contributed by atoms with Crippen LogP contribution < -0.4 is 5.32 Å². The lowest BCUT2D eigenvalue weighted by Gasteiger charge is -2.31. The van der Waals surface area contributed by atoms with Crippen molar-refractivity contribution in [1.29, 1.82) is 0 Å². The molecule has 0 amide bonds. The fraction of sp³-hybridized carbons (Fsp3) is 0.684. The Bertz CT molecular complexity index is 418. The first-order chi connectivity index (χ1) is 9.91. The van der Waals surface area contributed by atoms with Crippen molar-refractivity contribution in [3.63, 3.8) is 0 Å². The van der Waals surface area contributed by atoms with E-state index in [0.717, 1.165) is 26.1 Å². The molecule has 1 rings (SSSR count). The van der Waals surface area contributed by atoms with E-state index < -0.39 is 0 Å². The van der Waals surface area contributed by atoms with Gasteiger partial charge in [-0.05, 0) is 55.7 Å². The van der Waals surface area contributed by atoms with Gasteiger partial charge in [-0.25, -0.2) is 0 Å². The van der Waals surface area contributed by atoms with Gasteiger partial charge < -0.3 is 10.1 Å². The first-order valence-electron chi connectivity index (χ1n) is 8.18. The van der Waals surface area contributed by atoms with E-state index >= 15 is 0 Å². The minimum Gasteiger partial charge on any atom is -0.383 e. The molecule has 0 saturated heterocycles. The third-order valence-corrected chi connectivity index (χ3v) is 4.33. The largest absolute Gasteiger partial charge is 0.383 e. The van der Waals surface area contributed by atoms with E-state index in [9.17, 15) is 0 Å². The number of methoxy groups -OCH3 is 1. The van der Waals surface area contributed by atoms with Gasteiger partial charge in [-0.2, -0.15) is 0 Å². The Morgan fingerprint density at radius 3 is 2.29 bits per heavy atom. The van der Waals surface area contributed by atoms with E-state index in [0.29, 0.717) is 5.41 Å². The smallest absolute Gasteiger partial charge is 0.0587 e. The van der Waals surface area contributed by atoms with Gasteiger partial charge >= 0.3 is 0 Å². The van der Waals surface area contributed by atoms with Crippen LogP contribution in [0.25, 0.3) is 0 Å². The van der Waals surface area contributed by atoms with Gasteiger partial charge in [0.25, 0.3) is 0 Å². The predicted molar refractivity (Wildman–Crippen MR) is 92.1 cm³/mol. The first kappa shape index (κ1) is 18.2. The fourth-order valence-electron chi connectivity index (χ4n) is 3.32. The number of hydrogen-bond donors (Lipinski definition) is 1. The Hall–Kier alpha value is -0.860. The van der Waals surface area contributed by atoms with Crippen LogP contribution in [-0.2, 0) is 11.2 Å². The molecule has 0 radical (unpaired) electrons. The van der Waals surface area contributed by atoms with Gasteiger partial charge in [0.15, 0.2) is 0 Å². The number of nitrogens with one attached hydrogen (secondary N) is 1. The maximum absolute atomic E-state index is 5.12. The van der Waals surface area contributed by atoms with Crippen LogP contribution in [0.4, 0.5) is 0 Å². The topological polar surface area (TPSA) is 21.3 Å². The minimum atomic E-state index is 0.313. The molecule has 1 atom stereocenters. The van der Waals surface area contributed by atoms with E-state index in [2.05, 4.69) is 52.1 Å². The summed E-state index contributed by atoms with van der Waals surface area (Å²) in [6.45, 7) is 14.1. The summed E-state index contributed by atoms with van der Waals surface area (Å²) < 4.78 is 5.12. The molecule has 120 valence electrons. The molecule has 1 unspecified atom stereocenters. The van der Waals surface area contributed by atoms with Crippen LogP contribution in [0.1, 0.15) is 48.9 Å². The molecule has 0 bridgehead atoms. The van der Waals surface area contributed by atoms with E-state index in [1.165, 1.54) is 35.1 Å². The summed E-state index contributed by atoms with van der Waals surface area (Å²) in [5.74, 6) is 0. The van der Waals surface area contributed by atoms with Crippen LogP contribution in [-0.4, -0.2) is 26.8 Å². The van der Waals surface area contributed by atoms with E-state index in [1.54, 1.807) is 7.11 Å². The molecule has 0 spiro atoms. The zero-order valence-corrected chi connectivity index (χ0v) is 14.8. The molecule has 0 saturated carbocycles. The van der Waals surface area contributed by atoms with Crippen molar-refractivity contribution in [3.8, 4) is 0 Å². The van der Waals surface area contributed by atoms with Crippen LogP contribution in [0.5, 0.6) is 0 Å². The second-order valence-corrected chi connectivity index (χ2v) is 6.78. The van der Waals surface area contributed by atoms with Gasteiger partial charge in [-0.15, -0.1) is 0 Å². The second kappa shape index (κ2) is 8.55. The number of ether oxygens (including phenoxy) is 1. The monoisotopic (exact) mass is 291 g/mol. The van der Waals surface area contributed by atoms with Crippen molar-refractivity contribution >= 4 is 0 Å². The van der Waals surface area contributed by atoms with Gasteiger partial charge in [-0.3, -0.25) is 0 Å². The Balaban J connectivity index is 2.82. The molecule has 1 N–H and O–H groups in total. The molecule has 0 aliphatic rings. The van der Waals surface area contributed by atoms with Crippen LogP contribution in [0.15, 0.2) is 12.1 Å². The quantitative estimate of drug-likeness (QED) is 0.689. The van der Waals surface area contributed by atoms with Crippen molar-refractivity contribution in [2.75, 3.05) is 26.8 Å². The molecule has 0 aromatic heterocycles. The van der Waals surface area contributed by atoms with E-state index in [1.807, 2.05) is 0 Å². The highest BCUT2D eigenvalue weighted by Gasteiger charge is 2.25. The molecule has 0 aliphatic carbocycles. The summed E-state index contributed by atoms with van der Waals surface area (Å²) in [4.78, 5) is 0. The summed E-state index contributed by atoms with van der Waals surface area (Å²) in [5.41, 5.74) is 6.08. The summed E-state index contributed by atoms with van der Waals surface area (Å²) in [7, 11) is 1.76. The number of aryl methyl sites for hydroxylation is 3. The average Bonchev–Trinajstić information content (AvgIpc) is 2.40. The molecule has 1 aromatic carbocycles. The predicted octanol–water partition coefficient (Wildman–Crippen LogP) is 4.20. The Morgan fingerprint density at radius 1 is 1.14 bits per heavy atom. The van der Waals surface area contributed by atoms with Crippen LogP contribution in [0, 0.1) is 26.2 Å². The van der Waals surface area contributed by atoms with Crippen LogP contribution in [0.2, 0.25) is 0 Å². The number of benzene rings is 1. The maximum Gasteiger partial charge on any atom is 0.0587 e. The lowest BCUT2D eigenvalue weighted by atomic mass is 9.77. The lowest BCUT2D eigenvalue weighted by Crippen LogP contribution is -2.35. The van der Waals surface area contributed by atoms with Gasteiger partial charge in [0.05, 0.1) is 6.61 Å². The molecule has 2 heteroatoms. The van der Waals surface area contributed by atoms with Crippen LogP contribution >= 0.6 is 0 Å². The SMILES string of the molecule is CCCC(C)(CNCCOC)Cc1c(C)cc(C)cc1C. The van der Waals surface area contributed by atoms with Crippen molar-refractivity contribution in [1.82, 2.24) is 5.32 Å². The molecule has 21 heavy (non-hydrogen) atoms. The van der Waals surface area contributed by atoms with Crippen molar-refractivity contribution < 1.29 is 4.74 Å². The third-order valence-electron chi connectivity index (χ3n) is 4.33. The Labute approximate surface area is 131 Å². The molecule has 0 aliphatic heterocycles. The molecule has 1 aromatic rings. The standard InChI is InChI=1S/C19H33NO/c1-7-8-19(5,14-20-9-10-21-6)13-18-16(3)11-15(2)12-17(18)4/h11-12,20H,7-10,13-14H2,1-6H3.